The number of nitrogen functional groups attached to an aromatic ring is 1. The molecule has 0 unspecified atom stereocenters. The summed E-state index contributed by atoms with van der Waals surface area (Å²) in [4.78, 5) is 0.179. The van der Waals surface area contributed by atoms with E-state index in [2.05, 4.69) is 22.0 Å². The molecule has 23 heavy (non-hydrogen) atoms. The van der Waals surface area contributed by atoms with Crippen LogP contribution in [0.25, 0.3) is 0 Å². The largest absolute Gasteiger partial charge is 0.399 e. The standard InChI is InChI=1S/C15H23N5O2S/c1-2-3-4-5-10-20-12-14(18-19-20)11-17-23(21,22)15-8-6-13(16)7-9-15/h6-9,12,17H,2-5,10-11,16H2,1H3. The molecular formula is C15H23N5O2S. The van der Waals surface area contributed by atoms with Crippen molar-refractivity contribution in [2.75, 3.05) is 5.73 Å². The number of anilines is 1. The van der Waals surface area contributed by atoms with Gasteiger partial charge >= 0.3 is 0 Å². The average molecular weight is 337 g/mol. The van der Waals surface area contributed by atoms with E-state index in [0.29, 0.717) is 11.4 Å². The highest BCUT2D eigenvalue weighted by atomic mass is 32.2. The maximum atomic E-state index is 12.2. The van der Waals surface area contributed by atoms with Crippen LogP contribution in [-0.2, 0) is 23.1 Å². The minimum atomic E-state index is -3.57. The molecule has 8 heteroatoms. The molecule has 7 nitrogen and oxygen atoms in total. The van der Waals surface area contributed by atoms with E-state index in [9.17, 15) is 8.42 Å². The molecule has 0 saturated heterocycles. The first-order chi connectivity index (χ1) is 11.0. The van der Waals surface area contributed by atoms with Gasteiger partial charge in [0.25, 0.3) is 0 Å². The van der Waals surface area contributed by atoms with Crippen LogP contribution in [0.15, 0.2) is 35.4 Å². The summed E-state index contributed by atoms with van der Waals surface area (Å²) in [6, 6.07) is 6.06. The van der Waals surface area contributed by atoms with Crippen molar-refractivity contribution < 1.29 is 8.42 Å². The Labute approximate surface area is 136 Å². The molecule has 0 radical (unpaired) electrons. The van der Waals surface area contributed by atoms with E-state index in [1.165, 1.54) is 25.0 Å². The van der Waals surface area contributed by atoms with E-state index in [1.807, 2.05) is 0 Å². The van der Waals surface area contributed by atoms with Crippen molar-refractivity contribution in [3.05, 3.63) is 36.2 Å². The van der Waals surface area contributed by atoms with Crippen molar-refractivity contribution >= 4 is 15.7 Å². The molecule has 0 atom stereocenters. The molecule has 0 amide bonds. The number of benzene rings is 1. The lowest BCUT2D eigenvalue weighted by molar-refractivity contribution is 0.527. The maximum Gasteiger partial charge on any atom is 0.240 e. The molecule has 3 N–H and O–H groups in total. The van der Waals surface area contributed by atoms with Crippen LogP contribution in [0.4, 0.5) is 5.69 Å². The predicted molar refractivity (Wildman–Crippen MR) is 89.0 cm³/mol. The minimum absolute atomic E-state index is 0.113. The normalized spacial score (nSPS) is 11.7. The summed E-state index contributed by atoms with van der Waals surface area (Å²) in [5.41, 5.74) is 6.68. The number of rotatable bonds is 9. The third-order valence-electron chi connectivity index (χ3n) is 3.46. The van der Waals surface area contributed by atoms with Crippen LogP contribution in [0.1, 0.15) is 38.3 Å². The molecule has 0 spiro atoms. The first-order valence-corrected chi connectivity index (χ1v) is 9.24. The van der Waals surface area contributed by atoms with Crippen molar-refractivity contribution in [1.29, 1.82) is 0 Å². The summed E-state index contributed by atoms with van der Waals surface area (Å²) < 4.78 is 28.6. The van der Waals surface area contributed by atoms with Crippen molar-refractivity contribution in [3.8, 4) is 0 Å². The van der Waals surface area contributed by atoms with Crippen LogP contribution in [0.5, 0.6) is 0 Å². The molecule has 0 aliphatic heterocycles. The van der Waals surface area contributed by atoms with Crippen molar-refractivity contribution in [1.82, 2.24) is 19.7 Å². The van der Waals surface area contributed by atoms with Crippen LogP contribution in [-0.4, -0.2) is 23.4 Å². The van der Waals surface area contributed by atoms with E-state index in [4.69, 9.17) is 5.73 Å². The molecule has 0 bridgehead atoms. The van der Waals surface area contributed by atoms with E-state index in [0.717, 1.165) is 19.4 Å². The summed E-state index contributed by atoms with van der Waals surface area (Å²) in [7, 11) is -3.57. The molecule has 0 saturated carbocycles. The summed E-state index contributed by atoms with van der Waals surface area (Å²) in [6.07, 6.45) is 6.39. The molecule has 0 aliphatic rings. The van der Waals surface area contributed by atoms with Crippen LogP contribution in [0, 0.1) is 0 Å². The van der Waals surface area contributed by atoms with Gasteiger partial charge in [-0.2, -0.15) is 0 Å². The number of hydrogen-bond donors (Lipinski definition) is 2. The average Bonchev–Trinajstić information content (AvgIpc) is 2.98. The number of nitrogens with zero attached hydrogens (tertiary/aromatic N) is 3. The first-order valence-electron chi connectivity index (χ1n) is 7.75. The Hall–Kier alpha value is -1.93. The fourth-order valence-electron chi connectivity index (χ4n) is 2.13. The Morgan fingerprint density at radius 1 is 1.17 bits per heavy atom. The molecule has 1 heterocycles. The molecule has 2 aromatic rings. The Bertz CT molecular complexity index is 710. The Kier molecular flexibility index (Phi) is 6.12. The number of aryl methyl sites for hydroxylation is 1. The maximum absolute atomic E-state index is 12.2. The SMILES string of the molecule is CCCCCCn1cc(CNS(=O)(=O)c2ccc(N)cc2)nn1. The third-order valence-corrected chi connectivity index (χ3v) is 4.88. The Morgan fingerprint density at radius 3 is 2.61 bits per heavy atom. The lowest BCUT2D eigenvalue weighted by atomic mass is 10.2. The van der Waals surface area contributed by atoms with Gasteiger partial charge in [0, 0.05) is 18.4 Å². The fraction of sp³-hybridized carbons (Fsp3) is 0.467. The van der Waals surface area contributed by atoms with Crippen LogP contribution >= 0.6 is 0 Å². The van der Waals surface area contributed by atoms with Gasteiger partial charge in [-0.3, -0.25) is 4.68 Å². The predicted octanol–water partition coefficient (Wildman–Crippen LogP) is 1.92. The topological polar surface area (TPSA) is 103 Å². The number of unbranched alkanes of at least 4 members (excludes halogenated alkanes) is 3. The molecule has 1 aromatic heterocycles. The lowest BCUT2D eigenvalue weighted by Gasteiger charge is -2.05. The van der Waals surface area contributed by atoms with Gasteiger partial charge < -0.3 is 5.73 Å². The highest BCUT2D eigenvalue weighted by molar-refractivity contribution is 7.89. The third kappa shape index (κ3) is 5.33. The Balaban J connectivity index is 1.88. The zero-order valence-electron chi connectivity index (χ0n) is 13.3. The molecular weight excluding hydrogens is 314 g/mol. The van der Waals surface area contributed by atoms with Gasteiger partial charge in [-0.1, -0.05) is 31.4 Å². The van der Waals surface area contributed by atoms with Gasteiger partial charge in [-0.25, -0.2) is 13.1 Å². The van der Waals surface area contributed by atoms with Gasteiger partial charge in [-0.15, -0.1) is 5.10 Å². The van der Waals surface area contributed by atoms with E-state index in [-0.39, 0.29) is 11.4 Å². The minimum Gasteiger partial charge on any atom is -0.399 e. The van der Waals surface area contributed by atoms with Gasteiger partial charge in [0.2, 0.25) is 10.0 Å². The Morgan fingerprint density at radius 2 is 1.91 bits per heavy atom. The van der Waals surface area contributed by atoms with Crippen molar-refractivity contribution in [2.45, 2.75) is 50.6 Å². The first kappa shape index (κ1) is 17.4. The molecule has 0 aliphatic carbocycles. The summed E-state index contributed by atoms with van der Waals surface area (Å²) in [6.45, 7) is 3.08. The summed E-state index contributed by atoms with van der Waals surface area (Å²) >= 11 is 0. The second-order valence-corrected chi connectivity index (χ2v) is 7.19. The molecule has 126 valence electrons. The number of nitrogens with two attached hydrogens (primary N) is 1. The summed E-state index contributed by atoms with van der Waals surface area (Å²) in [5.74, 6) is 0. The number of aromatic nitrogens is 3. The fourth-order valence-corrected chi connectivity index (χ4v) is 3.13. The van der Waals surface area contributed by atoms with Crippen LogP contribution in [0.3, 0.4) is 0 Å². The highest BCUT2D eigenvalue weighted by Gasteiger charge is 2.14. The van der Waals surface area contributed by atoms with Crippen molar-refractivity contribution in [3.63, 3.8) is 0 Å². The van der Waals surface area contributed by atoms with Gasteiger partial charge in [0.15, 0.2) is 0 Å². The molecule has 2 rings (SSSR count). The van der Waals surface area contributed by atoms with Crippen molar-refractivity contribution in [2.24, 2.45) is 0 Å². The zero-order chi connectivity index (χ0) is 16.7. The van der Waals surface area contributed by atoms with E-state index in [1.54, 1.807) is 23.0 Å². The number of nitrogens with one attached hydrogen (secondary N) is 1. The quantitative estimate of drug-likeness (QED) is 0.537. The van der Waals surface area contributed by atoms with Crippen LogP contribution in [0.2, 0.25) is 0 Å². The highest BCUT2D eigenvalue weighted by Crippen LogP contribution is 2.11. The second-order valence-electron chi connectivity index (χ2n) is 5.43. The molecule has 0 fully saturated rings. The number of hydrogen-bond acceptors (Lipinski definition) is 5. The van der Waals surface area contributed by atoms with Gasteiger partial charge in [0.05, 0.1) is 17.1 Å². The summed E-state index contributed by atoms with van der Waals surface area (Å²) in [5, 5.41) is 8.01. The zero-order valence-corrected chi connectivity index (χ0v) is 14.1. The van der Waals surface area contributed by atoms with E-state index >= 15 is 0 Å². The monoisotopic (exact) mass is 337 g/mol. The van der Waals surface area contributed by atoms with Gasteiger partial charge in [0.1, 0.15) is 0 Å². The van der Waals surface area contributed by atoms with Gasteiger partial charge in [-0.05, 0) is 30.7 Å². The van der Waals surface area contributed by atoms with Crippen LogP contribution < -0.4 is 10.5 Å². The molecule has 1 aromatic carbocycles. The number of sulfonamides is 1. The van der Waals surface area contributed by atoms with E-state index < -0.39 is 10.0 Å². The smallest absolute Gasteiger partial charge is 0.240 e. The lowest BCUT2D eigenvalue weighted by Crippen LogP contribution is -2.23. The second kappa shape index (κ2) is 8.07.